The Labute approximate surface area is 129 Å². The topological polar surface area (TPSA) is 83.5 Å². The van der Waals surface area contributed by atoms with Crippen LogP contribution in [0.25, 0.3) is 0 Å². The van der Waals surface area contributed by atoms with E-state index in [0.29, 0.717) is 4.88 Å². The molecule has 2 aromatic rings. The number of thiophene rings is 1. The van der Waals surface area contributed by atoms with Crippen LogP contribution in [0.15, 0.2) is 29.2 Å². The molecule has 0 aliphatic carbocycles. The average molecular weight is 350 g/mol. The smallest absolute Gasteiger partial charge is 0.345 e. The van der Waals surface area contributed by atoms with E-state index in [2.05, 4.69) is 4.72 Å². The first-order chi connectivity index (χ1) is 9.72. The Balaban J connectivity index is 2.43. The molecular formula is C12H9ClFNO4S2. The molecule has 112 valence electrons. The number of rotatable bonds is 4. The van der Waals surface area contributed by atoms with Crippen LogP contribution in [-0.4, -0.2) is 19.5 Å². The summed E-state index contributed by atoms with van der Waals surface area (Å²) in [5, 5.41) is 8.66. The molecule has 0 spiro atoms. The van der Waals surface area contributed by atoms with E-state index < -0.39 is 21.8 Å². The molecule has 1 aromatic carbocycles. The lowest BCUT2D eigenvalue weighted by Crippen LogP contribution is -2.14. The molecule has 2 N–H and O–H groups in total. The molecule has 5 nitrogen and oxygen atoms in total. The van der Waals surface area contributed by atoms with Crippen LogP contribution in [0.3, 0.4) is 0 Å². The fraction of sp³-hybridized carbons (Fsp3) is 0.0833. The monoisotopic (exact) mass is 349 g/mol. The molecule has 1 aromatic heterocycles. The number of nitrogens with one attached hydrogen (secondary N) is 1. The van der Waals surface area contributed by atoms with E-state index >= 15 is 0 Å². The molecule has 9 heteroatoms. The van der Waals surface area contributed by atoms with Crippen molar-refractivity contribution in [1.82, 2.24) is 0 Å². The van der Waals surface area contributed by atoms with Crippen molar-refractivity contribution in [2.45, 2.75) is 11.8 Å². The van der Waals surface area contributed by atoms with Crippen LogP contribution in [-0.2, 0) is 10.0 Å². The maximum atomic E-state index is 13.7. The highest BCUT2D eigenvalue weighted by Crippen LogP contribution is 2.29. The van der Waals surface area contributed by atoms with Gasteiger partial charge in [0.25, 0.3) is 10.0 Å². The molecule has 0 bridgehead atoms. The molecule has 21 heavy (non-hydrogen) atoms. The van der Waals surface area contributed by atoms with E-state index in [0.717, 1.165) is 17.4 Å². The van der Waals surface area contributed by atoms with Gasteiger partial charge in [-0.05, 0) is 25.1 Å². The van der Waals surface area contributed by atoms with Gasteiger partial charge in [-0.25, -0.2) is 17.6 Å². The van der Waals surface area contributed by atoms with Gasteiger partial charge in [-0.1, -0.05) is 17.7 Å². The van der Waals surface area contributed by atoms with Gasteiger partial charge in [0.2, 0.25) is 0 Å². The summed E-state index contributed by atoms with van der Waals surface area (Å²) in [7, 11) is -4.10. The number of carboxylic acid groups (broad SMARTS) is 1. The highest BCUT2D eigenvalue weighted by Gasteiger charge is 2.23. The Bertz CT molecular complexity index is 817. The van der Waals surface area contributed by atoms with Gasteiger partial charge in [-0.15, -0.1) is 11.3 Å². The molecule has 0 saturated carbocycles. The van der Waals surface area contributed by atoms with Gasteiger partial charge < -0.3 is 5.11 Å². The molecule has 0 fully saturated rings. The summed E-state index contributed by atoms with van der Waals surface area (Å²) >= 11 is 6.41. The van der Waals surface area contributed by atoms with E-state index in [-0.39, 0.29) is 20.5 Å². The number of benzene rings is 1. The number of hydrogen-bond donors (Lipinski definition) is 2. The highest BCUT2D eigenvalue weighted by atomic mass is 35.5. The second kappa shape index (κ2) is 5.63. The first kappa shape index (κ1) is 15.7. The normalized spacial score (nSPS) is 11.4. The first-order valence-electron chi connectivity index (χ1n) is 5.53. The SMILES string of the molecule is Cc1sc(C(=O)O)cc1S(=O)(=O)Nc1cccc(Cl)c1F. The molecule has 0 amide bonds. The molecule has 0 unspecified atom stereocenters. The van der Waals surface area contributed by atoms with Crippen molar-refractivity contribution in [3.05, 3.63) is 44.9 Å². The first-order valence-corrected chi connectivity index (χ1v) is 8.20. The second-order valence-corrected chi connectivity index (χ2v) is 7.36. The van der Waals surface area contributed by atoms with Crippen LogP contribution in [0.1, 0.15) is 14.5 Å². The van der Waals surface area contributed by atoms with Crippen molar-refractivity contribution >= 4 is 44.6 Å². The lowest BCUT2D eigenvalue weighted by molar-refractivity contribution is 0.0702. The minimum absolute atomic E-state index is 0.112. The summed E-state index contributed by atoms with van der Waals surface area (Å²) in [5.41, 5.74) is -0.301. The van der Waals surface area contributed by atoms with E-state index in [1.54, 1.807) is 0 Å². The third-order valence-electron chi connectivity index (χ3n) is 2.57. The summed E-state index contributed by atoms with van der Waals surface area (Å²) in [6.07, 6.45) is 0. The van der Waals surface area contributed by atoms with Gasteiger partial charge in [0.15, 0.2) is 5.82 Å². The van der Waals surface area contributed by atoms with Gasteiger partial charge in [0, 0.05) is 4.88 Å². The summed E-state index contributed by atoms with van der Waals surface area (Å²) in [6, 6.07) is 4.94. The molecule has 0 radical (unpaired) electrons. The van der Waals surface area contributed by atoms with Gasteiger partial charge in [-0.2, -0.15) is 0 Å². The number of halogens is 2. The van der Waals surface area contributed by atoms with Gasteiger partial charge in [0.05, 0.1) is 10.7 Å². The Hall–Kier alpha value is -1.64. The Morgan fingerprint density at radius 1 is 1.43 bits per heavy atom. The maximum Gasteiger partial charge on any atom is 0.345 e. The molecular weight excluding hydrogens is 341 g/mol. The lowest BCUT2D eigenvalue weighted by atomic mass is 10.3. The maximum absolute atomic E-state index is 13.7. The average Bonchev–Trinajstić information content (AvgIpc) is 2.78. The van der Waals surface area contributed by atoms with Crippen LogP contribution < -0.4 is 4.72 Å². The van der Waals surface area contributed by atoms with Gasteiger partial charge in [0.1, 0.15) is 9.77 Å². The van der Waals surface area contributed by atoms with Crippen molar-refractivity contribution in [2.75, 3.05) is 4.72 Å². The summed E-state index contributed by atoms with van der Waals surface area (Å²) < 4.78 is 40.2. The van der Waals surface area contributed by atoms with Crippen molar-refractivity contribution < 1.29 is 22.7 Å². The van der Waals surface area contributed by atoms with E-state index in [1.807, 2.05) is 0 Å². The second-order valence-electron chi connectivity index (χ2n) is 4.04. The lowest BCUT2D eigenvalue weighted by Gasteiger charge is -2.09. The van der Waals surface area contributed by atoms with Gasteiger partial charge in [-0.3, -0.25) is 4.72 Å². The van der Waals surface area contributed by atoms with Crippen LogP contribution >= 0.6 is 22.9 Å². The van der Waals surface area contributed by atoms with E-state index in [4.69, 9.17) is 16.7 Å². The van der Waals surface area contributed by atoms with E-state index in [1.165, 1.54) is 25.1 Å². The molecule has 0 aliphatic rings. The zero-order valence-electron chi connectivity index (χ0n) is 10.6. The van der Waals surface area contributed by atoms with Crippen LogP contribution in [0.5, 0.6) is 0 Å². The van der Waals surface area contributed by atoms with E-state index in [9.17, 15) is 17.6 Å². The molecule has 0 aliphatic heterocycles. The van der Waals surface area contributed by atoms with Crippen molar-refractivity contribution in [3.63, 3.8) is 0 Å². The Morgan fingerprint density at radius 2 is 2.10 bits per heavy atom. The van der Waals surface area contributed by atoms with Crippen LogP contribution in [0.4, 0.5) is 10.1 Å². The number of aryl methyl sites for hydroxylation is 1. The number of carboxylic acids is 1. The zero-order valence-corrected chi connectivity index (χ0v) is 12.9. The molecule has 0 saturated heterocycles. The number of hydrogen-bond acceptors (Lipinski definition) is 4. The van der Waals surface area contributed by atoms with Gasteiger partial charge >= 0.3 is 5.97 Å². The zero-order chi connectivity index (χ0) is 15.8. The molecule has 2 rings (SSSR count). The fourth-order valence-electron chi connectivity index (χ4n) is 1.62. The third-order valence-corrected chi connectivity index (χ3v) is 5.52. The highest BCUT2D eigenvalue weighted by molar-refractivity contribution is 7.93. The van der Waals surface area contributed by atoms with Crippen molar-refractivity contribution in [2.24, 2.45) is 0 Å². The molecule has 1 heterocycles. The number of sulfonamides is 1. The number of carbonyl (C=O) groups is 1. The Morgan fingerprint density at radius 3 is 2.67 bits per heavy atom. The predicted molar refractivity (Wildman–Crippen MR) is 78.2 cm³/mol. The predicted octanol–water partition coefficient (Wildman–Crippen LogP) is 3.35. The summed E-state index contributed by atoms with van der Waals surface area (Å²) in [4.78, 5) is 10.8. The summed E-state index contributed by atoms with van der Waals surface area (Å²) in [5.74, 6) is -2.12. The minimum atomic E-state index is -4.10. The minimum Gasteiger partial charge on any atom is -0.477 e. The van der Waals surface area contributed by atoms with Crippen molar-refractivity contribution in [1.29, 1.82) is 0 Å². The number of aromatic carboxylic acids is 1. The Kier molecular flexibility index (Phi) is 4.22. The number of anilines is 1. The largest absolute Gasteiger partial charge is 0.477 e. The standard InChI is InChI=1S/C12H9ClFNO4S2/c1-6-10(5-9(20-6)12(16)17)21(18,19)15-8-4-2-3-7(13)11(8)14/h2-5,15H,1H3,(H,16,17). The third kappa shape index (κ3) is 3.17. The quantitative estimate of drug-likeness (QED) is 0.886. The molecule has 0 atom stereocenters. The van der Waals surface area contributed by atoms with Crippen molar-refractivity contribution in [3.8, 4) is 0 Å². The van der Waals surface area contributed by atoms with Crippen LogP contribution in [0, 0.1) is 12.7 Å². The fourth-order valence-corrected chi connectivity index (χ4v) is 4.29. The summed E-state index contributed by atoms with van der Waals surface area (Å²) in [6.45, 7) is 1.47. The van der Waals surface area contributed by atoms with Crippen LogP contribution in [0.2, 0.25) is 5.02 Å².